The lowest BCUT2D eigenvalue weighted by molar-refractivity contribution is -0.129. The number of amides is 2. The summed E-state index contributed by atoms with van der Waals surface area (Å²) in [4.78, 5) is 35.2. The normalized spacial score (nSPS) is 17.1. The Bertz CT molecular complexity index is 1370. The lowest BCUT2D eigenvalue weighted by atomic mass is 9.93. The van der Waals surface area contributed by atoms with E-state index in [4.69, 9.17) is 15.2 Å². The second-order valence-corrected chi connectivity index (χ2v) is 9.50. The second-order valence-electron chi connectivity index (χ2n) is 9.50. The van der Waals surface area contributed by atoms with E-state index in [9.17, 15) is 9.59 Å². The number of carbonyl (C=O) groups is 2. The molecule has 1 atom stereocenters. The van der Waals surface area contributed by atoms with Crippen molar-refractivity contribution in [3.8, 4) is 17.0 Å². The molecule has 0 spiro atoms. The first-order valence-corrected chi connectivity index (χ1v) is 12.1. The summed E-state index contributed by atoms with van der Waals surface area (Å²) in [6.07, 6.45) is 2.50. The van der Waals surface area contributed by atoms with Crippen molar-refractivity contribution in [2.75, 3.05) is 36.1 Å². The van der Waals surface area contributed by atoms with Crippen LogP contribution < -0.4 is 21.1 Å². The Balaban J connectivity index is 1.41. The molecule has 2 aliphatic rings. The fraction of sp³-hybridized carbons (Fsp3) is 0.385. The van der Waals surface area contributed by atoms with Gasteiger partial charge in [0.25, 0.3) is 0 Å². The summed E-state index contributed by atoms with van der Waals surface area (Å²) in [5.74, 6) is 0.921. The Hall–Kier alpha value is -4.08. The standard InChI is InChI=1S/C26H30N6O4/c1-13(2)32-12-17(9-22(32)33)36-26(34)31-21-8-16-7-18(14(3)23(27)20(16)11-29-21)19-10-30-25-24(15(19)4)28-5-6-35-25/h7-8,10-11,13,17,28H,5-6,9,12,27H2,1-4H3,(H,29,31,34). The van der Waals surface area contributed by atoms with E-state index in [2.05, 4.69) is 20.6 Å². The van der Waals surface area contributed by atoms with Crippen LogP contribution in [0.25, 0.3) is 21.9 Å². The Labute approximate surface area is 209 Å². The molecule has 2 aliphatic heterocycles. The van der Waals surface area contributed by atoms with E-state index in [1.165, 1.54) is 0 Å². The molecule has 2 amide bonds. The lowest BCUT2D eigenvalue weighted by Gasteiger charge is -2.22. The van der Waals surface area contributed by atoms with Gasteiger partial charge in [-0.2, -0.15) is 0 Å². The highest BCUT2D eigenvalue weighted by atomic mass is 16.6. The predicted molar refractivity (Wildman–Crippen MR) is 138 cm³/mol. The topological polar surface area (TPSA) is 132 Å². The minimum atomic E-state index is -0.647. The average molecular weight is 491 g/mol. The summed E-state index contributed by atoms with van der Waals surface area (Å²) in [7, 11) is 0. The molecule has 3 aromatic rings. The summed E-state index contributed by atoms with van der Waals surface area (Å²) in [5.41, 5.74) is 11.8. The number of pyridine rings is 2. The zero-order chi connectivity index (χ0) is 25.6. The second kappa shape index (κ2) is 9.18. The average Bonchev–Trinajstić information content (AvgIpc) is 3.22. The van der Waals surface area contributed by atoms with Gasteiger partial charge < -0.3 is 25.4 Å². The van der Waals surface area contributed by atoms with Crippen molar-refractivity contribution in [3.63, 3.8) is 0 Å². The molecule has 0 bridgehead atoms. The van der Waals surface area contributed by atoms with E-state index >= 15 is 0 Å². The minimum Gasteiger partial charge on any atom is -0.474 e. The van der Waals surface area contributed by atoms with Crippen molar-refractivity contribution in [2.45, 2.75) is 46.3 Å². The summed E-state index contributed by atoms with van der Waals surface area (Å²) in [5, 5.41) is 7.66. The summed E-state index contributed by atoms with van der Waals surface area (Å²) in [6, 6.07) is 3.85. The summed E-state index contributed by atoms with van der Waals surface area (Å²) >= 11 is 0. The van der Waals surface area contributed by atoms with Gasteiger partial charge in [0.1, 0.15) is 24.2 Å². The molecule has 4 N–H and O–H groups in total. The molecule has 5 rings (SSSR count). The predicted octanol–water partition coefficient (Wildman–Crippen LogP) is 3.86. The van der Waals surface area contributed by atoms with Crippen LogP contribution >= 0.6 is 0 Å². The van der Waals surface area contributed by atoms with Crippen LogP contribution in [-0.2, 0) is 9.53 Å². The van der Waals surface area contributed by atoms with Crippen LogP contribution in [0.15, 0.2) is 24.5 Å². The molecular weight excluding hydrogens is 460 g/mol. The molecule has 0 saturated carbocycles. The van der Waals surface area contributed by atoms with Crippen LogP contribution in [-0.4, -0.2) is 58.7 Å². The first-order chi connectivity index (χ1) is 17.2. The molecule has 0 radical (unpaired) electrons. The van der Waals surface area contributed by atoms with E-state index in [1.807, 2.05) is 33.8 Å². The molecule has 1 aromatic carbocycles. The Morgan fingerprint density at radius 2 is 2.03 bits per heavy atom. The van der Waals surface area contributed by atoms with Crippen LogP contribution in [0.4, 0.5) is 22.0 Å². The maximum Gasteiger partial charge on any atom is 0.413 e. The van der Waals surface area contributed by atoms with E-state index in [0.717, 1.165) is 45.3 Å². The zero-order valence-corrected chi connectivity index (χ0v) is 20.8. The van der Waals surface area contributed by atoms with Gasteiger partial charge >= 0.3 is 6.09 Å². The van der Waals surface area contributed by atoms with Gasteiger partial charge in [0.15, 0.2) is 0 Å². The number of nitrogen functional groups attached to an aromatic ring is 1. The smallest absolute Gasteiger partial charge is 0.413 e. The third-order valence-corrected chi connectivity index (χ3v) is 6.82. The number of nitrogens with two attached hydrogens (primary N) is 1. The number of hydrogen-bond acceptors (Lipinski definition) is 8. The zero-order valence-electron chi connectivity index (χ0n) is 20.8. The SMILES string of the molecule is Cc1c(-c2cc3cc(NC(=O)OC4CC(=O)N(C(C)C)C4)ncc3c(N)c2C)cnc2c1NCCO2. The molecule has 1 saturated heterocycles. The van der Waals surface area contributed by atoms with Crippen molar-refractivity contribution >= 4 is 40.0 Å². The molecule has 0 aliphatic carbocycles. The number of ether oxygens (including phenoxy) is 2. The monoisotopic (exact) mass is 490 g/mol. The van der Waals surface area contributed by atoms with Crippen molar-refractivity contribution < 1.29 is 19.1 Å². The number of carbonyl (C=O) groups excluding carboxylic acids is 2. The Kier molecular flexibility index (Phi) is 6.03. The third-order valence-electron chi connectivity index (χ3n) is 6.82. The number of hydrogen-bond donors (Lipinski definition) is 3. The van der Waals surface area contributed by atoms with Crippen LogP contribution in [0, 0.1) is 13.8 Å². The molecule has 1 fully saturated rings. The molecule has 1 unspecified atom stereocenters. The Morgan fingerprint density at radius 1 is 1.22 bits per heavy atom. The van der Waals surface area contributed by atoms with E-state index in [1.54, 1.807) is 23.4 Å². The Morgan fingerprint density at radius 3 is 2.78 bits per heavy atom. The van der Waals surface area contributed by atoms with Gasteiger partial charge in [-0.1, -0.05) is 0 Å². The largest absolute Gasteiger partial charge is 0.474 e. The van der Waals surface area contributed by atoms with E-state index in [-0.39, 0.29) is 18.4 Å². The fourth-order valence-electron chi connectivity index (χ4n) is 4.83. The van der Waals surface area contributed by atoms with E-state index < -0.39 is 12.2 Å². The number of likely N-dealkylation sites (tertiary alicyclic amines) is 1. The maximum absolute atomic E-state index is 12.5. The van der Waals surface area contributed by atoms with Crippen LogP contribution in [0.3, 0.4) is 0 Å². The maximum atomic E-state index is 12.5. The third kappa shape index (κ3) is 4.23. The van der Waals surface area contributed by atoms with Gasteiger partial charge in [0, 0.05) is 41.6 Å². The number of nitrogens with one attached hydrogen (secondary N) is 2. The number of aromatic nitrogens is 2. The quantitative estimate of drug-likeness (QED) is 0.470. The lowest BCUT2D eigenvalue weighted by Crippen LogP contribution is -2.33. The molecule has 10 nitrogen and oxygen atoms in total. The first-order valence-electron chi connectivity index (χ1n) is 12.1. The van der Waals surface area contributed by atoms with Crippen LogP contribution in [0.5, 0.6) is 5.88 Å². The van der Waals surface area contributed by atoms with Crippen molar-refractivity contribution in [2.24, 2.45) is 0 Å². The van der Waals surface area contributed by atoms with Gasteiger partial charge in [-0.3, -0.25) is 10.1 Å². The van der Waals surface area contributed by atoms with Gasteiger partial charge in [0.05, 0.1) is 13.0 Å². The van der Waals surface area contributed by atoms with Crippen LogP contribution in [0.1, 0.15) is 31.4 Å². The van der Waals surface area contributed by atoms with Crippen LogP contribution in [0.2, 0.25) is 0 Å². The number of nitrogens with zero attached hydrogens (tertiary/aromatic N) is 3. The molecule has 4 heterocycles. The fourth-order valence-corrected chi connectivity index (χ4v) is 4.83. The van der Waals surface area contributed by atoms with Crippen molar-refractivity contribution in [1.82, 2.24) is 14.9 Å². The van der Waals surface area contributed by atoms with Gasteiger partial charge in [-0.15, -0.1) is 0 Å². The highest BCUT2D eigenvalue weighted by Gasteiger charge is 2.33. The molecule has 188 valence electrons. The van der Waals surface area contributed by atoms with Crippen molar-refractivity contribution in [3.05, 3.63) is 35.7 Å². The highest BCUT2D eigenvalue weighted by Crippen LogP contribution is 2.40. The number of anilines is 3. The number of rotatable bonds is 4. The van der Waals surface area contributed by atoms with E-state index in [0.29, 0.717) is 30.5 Å². The van der Waals surface area contributed by atoms with Gasteiger partial charge in [-0.25, -0.2) is 14.8 Å². The molecule has 2 aromatic heterocycles. The van der Waals surface area contributed by atoms with Gasteiger partial charge in [0.2, 0.25) is 11.8 Å². The highest BCUT2D eigenvalue weighted by molar-refractivity contribution is 6.01. The van der Waals surface area contributed by atoms with Gasteiger partial charge in [-0.05, 0) is 61.9 Å². The number of benzene rings is 1. The summed E-state index contributed by atoms with van der Waals surface area (Å²) < 4.78 is 11.1. The van der Waals surface area contributed by atoms with Crippen molar-refractivity contribution in [1.29, 1.82) is 0 Å². The molecular formula is C26H30N6O4. The first kappa shape index (κ1) is 23.7. The molecule has 10 heteroatoms. The number of fused-ring (bicyclic) bond motifs is 2. The molecule has 36 heavy (non-hydrogen) atoms. The summed E-state index contributed by atoms with van der Waals surface area (Å²) in [6.45, 7) is 9.57. The minimum absolute atomic E-state index is 0.0151.